The monoisotopic (exact) mass is 349 g/mol. The zero-order chi connectivity index (χ0) is 16.9. The molecule has 7 nitrogen and oxygen atoms in total. The van der Waals surface area contributed by atoms with Gasteiger partial charge >= 0.3 is 0 Å². The van der Waals surface area contributed by atoms with Gasteiger partial charge in [-0.05, 0) is 25.6 Å². The molecule has 0 N–H and O–H groups in total. The van der Waals surface area contributed by atoms with Crippen molar-refractivity contribution in [1.29, 1.82) is 0 Å². The number of rotatable bonds is 6. The molecule has 0 aromatic carbocycles. The van der Waals surface area contributed by atoms with Crippen LogP contribution >= 0.6 is 11.8 Å². The minimum atomic E-state index is 0.168. The quantitative estimate of drug-likeness (QED) is 0.741. The number of carbonyl (C=O) groups is 1. The van der Waals surface area contributed by atoms with Crippen LogP contribution in [-0.4, -0.2) is 68.9 Å². The molecule has 0 bridgehead atoms. The Morgan fingerprint density at radius 2 is 2.00 bits per heavy atom. The van der Waals surface area contributed by atoms with E-state index in [-0.39, 0.29) is 5.91 Å². The minimum Gasteiger partial charge on any atom is -0.461 e. The van der Waals surface area contributed by atoms with Crippen LogP contribution in [0, 0.1) is 0 Å². The van der Waals surface area contributed by atoms with E-state index in [1.807, 2.05) is 28.5 Å². The summed E-state index contributed by atoms with van der Waals surface area (Å²) in [4.78, 5) is 16.7. The third kappa shape index (κ3) is 3.64. The average molecular weight is 349 g/mol. The Bertz CT molecular complexity index is 662. The third-order valence-corrected chi connectivity index (χ3v) is 5.22. The molecule has 1 fully saturated rings. The number of hydrogen-bond acceptors (Lipinski definition) is 6. The fraction of sp³-hybridized carbons (Fsp3) is 0.562. The summed E-state index contributed by atoms with van der Waals surface area (Å²) < 4.78 is 7.38. The molecule has 130 valence electrons. The van der Waals surface area contributed by atoms with Crippen molar-refractivity contribution < 1.29 is 9.21 Å². The highest BCUT2D eigenvalue weighted by molar-refractivity contribution is 7.99. The molecule has 1 aliphatic rings. The fourth-order valence-electron chi connectivity index (χ4n) is 2.80. The van der Waals surface area contributed by atoms with E-state index in [1.165, 1.54) is 11.8 Å². The third-order valence-electron chi connectivity index (χ3n) is 4.27. The normalized spacial score (nSPS) is 15.8. The molecule has 0 aliphatic carbocycles. The van der Waals surface area contributed by atoms with Crippen LogP contribution in [-0.2, 0) is 11.3 Å². The Morgan fingerprint density at radius 3 is 2.62 bits per heavy atom. The molecule has 3 rings (SSSR count). The predicted octanol–water partition coefficient (Wildman–Crippen LogP) is 1.81. The number of furan rings is 1. The molecule has 0 saturated carbocycles. The van der Waals surface area contributed by atoms with Gasteiger partial charge in [0.25, 0.3) is 0 Å². The molecular weight excluding hydrogens is 326 g/mol. The molecular formula is C16H23N5O2S. The molecule has 24 heavy (non-hydrogen) atoms. The maximum absolute atomic E-state index is 12.4. The van der Waals surface area contributed by atoms with Crippen LogP contribution in [0.3, 0.4) is 0 Å². The van der Waals surface area contributed by atoms with Gasteiger partial charge in [0, 0.05) is 32.7 Å². The van der Waals surface area contributed by atoms with Gasteiger partial charge in [0.15, 0.2) is 16.7 Å². The summed E-state index contributed by atoms with van der Waals surface area (Å²) in [6.45, 7) is 9.51. The van der Waals surface area contributed by atoms with Crippen molar-refractivity contribution in [3.8, 4) is 11.6 Å². The Morgan fingerprint density at radius 1 is 1.21 bits per heavy atom. The standard InChI is InChI=1S/C16H23N5O2S/c1-3-19-7-9-20(10-8-19)14(22)12-24-16-18-17-15(21(16)4-2)13-6-5-11-23-13/h5-6,11H,3-4,7-10,12H2,1-2H3. The molecule has 2 aromatic rings. The van der Waals surface area contributed by atoms with E-state index in [9.17, 15) is 4.79 Å². The highest BCUT2D eigenvalue weighted by Crippen LogP contribution is 2.24. The van der Waals surface area contributed by atoms with Gasteiger partial charge in [0.05, 0.1) is 12.0 Å². The number of carbonyl (C=O) groups excluding carboxylic acids is 1. The zero-order valence-corrected chi connectivity index (χ0v) is 15.0. The van der Waals surface area contributed by atoms with Crippen molar-refractivity contribution in [2.24, 2.45) is 0 Å². The summed E-state index contributed by atoms with van der Waals surface area (Å²) >= 11 is 1.44. The average Bonchev–Trinajstić information content (AvgIpc) is 3.28. The van der Waals surface area contributed by atoms with Gasteiger partial charge in [-0.3, -0.25) is 9.36 Å². The first kappa shape index (κ1) is 17.0. The van der Waals surface area contributed by atoms with Crippen molar-refractivity contribution in [2.75, 3.05) is 38.5 Å². The topological polar surface area (TPSA) is 67.4 Å². The van der Waals surface area contributed by atoms with Gasteiger partial charge in [-0.25, -0.2) is 0 Å². The van der Waals surface area contributed by atoms with Crippen molar-refractivity contribution in [3.63, 3.8) is 0 Å². The van der Waals surface area contributed by atoms with E-state index in [0.717, 1.165) is 44.4 Å². The van der Waals surface area contributed by atoms with Crippen LogP contribution in [0.15, 0.2) is 28.0 Å². The molecule has 0 spiro atoms. The molecule has 3 heterocycles. The molecule has 1 saturated heterocycles. The van der Waals surface area contributed by atoms with Crippen molar-refractivity contribution in [1.82, 2.24) is 24.6 Å². The number of piperazine rings is 1. The smallest absolute Gasteiger partial charge is 0.233 e. The van der Waals surface area contributed by atoms with Gasteiger partial charge in [0.2, 0.25) is 5.91 Å². The van der Waals surface area contributed by atoms with E-state index in [2.05, 4.69) is 22.0 Å². The minimum absolute atomic E-state index is 0.168. The number of thioether (sulfide) groups is 1. The molecule has 0 radical (unpaired) electrons. The lowest BCUT2D eigenvalue weighted by Gasteiger charge is -2.34. The molecule has 2 aromatic heterocycles. The van der Waals surface area contributed by atoms with Crippen molar-refractivity contribution in [2.45, 2.75) is 25.5 Å². The molecule has 1 amide bonds. The molecule has 1 aliphatic heterocycles. The maximum Gasteiger partial charge on any atom is 0.233 e. The lowest BCUT2D eigenvalue weighted by molar-refractivity contribution is -0.130. The maximum atomic E-state index is 12.4. The number of hydrogen-bond donors (Lipinski definition) is 0. The largest absolute Gasteiger partial charge is 0.461 e. The second-order valence-electron chi connectivity index (χ2n) is 5.63. The first-order valence-corrected chi connectivity index (χ1v) is 9.31. The van der Waals surface area contributed by atoms with Crippen LogP contribution in [0.2, 0.25) is 0 Å². The first-order valence-electron chi connectivity index (χ1n) is 8.33. The van der Waals surface area contributed by atoms with E-state index in [1.54, 1.807) is 6.26 Å². The fourth-order valence-corrected chi connectivity index (χ4v) is 3.70. The lowest BCUT2D eigenvalue weighted by Crippen LogP contribution is -2.49. The molecule has 8 heteroatoms. The lowest BCUT2D eigenvalue weighted by atomic mass is 10.3. The van der Waals surface area contributed by atoms with E-state index in [0.29, 0.717) is 17.3 Å². The second-order valence-corrected chi connectivity index (χ2v) is 6.57. The van der Waals surface area contributed by atoms with E-state index >= 15 is 0 Å². The SMILES string of the molecule is CCN1CCN(C(=O)CSc2nnc(-c3ccco3)n2CC)CC1. The Labute approximate surface area is 146 Å². The Kier molecular flexibility index (Phi) is 5.57. The van der Waals surface area contributed by atoms with Gasteiger partial charge in [-0.2, -0.15) is 0 Å². The van der Waals surface area contributed by atoms with Crippen LogP contribution < -0.4 is 0 Å². The van der Waals surface area contributed by atoms with Crippen LogP contribution in [0.1, 0.15) is 13.8 Å². The van der Waals surface area contributed by atoms with Crippen molar-refractivity contribution in [3.05, 3.63) is 18.4 Å². The predicted molar refractivity (Wildman–Crippen MR) is 92.8 cm³/mol. The number of amides is 1. The van der Waals surface area contributed by atoms with Crippen LogP contribution in [0.5, 0.6) is 0 Å². The van der Waals surface area contributed by atoms with E-state index < -0.39 is 0 Å². The zero-order valence-electron chi connectivity index (χ0n) is 14.1. The van der Waals surface area contributed by atoms with Crippen LogP contribution in [0.4, 0.5) is 0 Å². The summed E-state index contributed by atoms with van der Waals surface area (Å²) in [7, 11) is 0. The van der Waals surface area contributed by atoms with Gasteiger partial charge < -0.3 is 14.2 Å². The summed E-state index contributed by atoms with van der Waals surface area (Å²) in [6, 6.07) is 3.69. The van der Waals surface area contributed by atoms with E-state index in [4.69, 9.17) is 4.42 Å². The van der Waals surface area contributed by atoms with Crippen molar-refractivity contribution >= 4 is 17.7 Å². The molecule has 0 unspecified atom stereocenters. The first-order chi connectivity index (χ1) is 11.7. The number of aromatic nitrogens is 3. The summed E-state index contributed by atoms with van der Waals surface area (Å²) in [5.41, 5.74) is 0. The summed E-state index contributed by atoms with van der Waals surface area (Å²) in [5, 5.41) is 9.18. The van der Waals surface area contributed by atoms with Gasteiger partial charge in [-0.15, -0.1) is 10.2 Å². The number of likely N-dealkylation sites (N-methyl/N-ethyl adjacent to an activating group) is 1. The Hall–Kier alpha value is -1.80. The highest BCUT2D eigenvalue weighted by Gasteiger charge is 2.21. The Balaban J connectivity index is 1.60. The van der Waals surface area contributed by atoms with Crippen LogP contribution in [0.25, 0.3) is 11.6 Å². The highest BCUT2D eigenvalue weighted by atomic mass is 32.2. The van der Waals surface area contributed by atoms with Gasteiger partial charge in [0.1, 0.15) is 0 Å². The second kappa shape index (κ2) is 7.85. The summed E-state index contributed by atoms with van der Waals surface area (Å²) in [5.74, 6) is 1.95. The van der Waals surface area contributed by atoms with Gasteiger partial charge in [-0.1, -0.05) is 18.7 Å². The number of nitrogens with zero attached hydrogens (tertiary/aromatic N) is 5. The molecule has 0 atom stereocenters. The summed E-state index contributed by atoms with van der Waals surface area (Å²) in [6.07, 6.45) is 1.62.